The second kappa shape index (κ2) is 6.21. The molecule has 102 valence electrons. The first-order valence-corrected chi connectivity index (χ1v) is 6.51. The Morgan fingerprint density at radius 3 is 2.45 bits per heavy atom. The van der Waals surface area contributed by atoms with Crippen LogP contribution >= 0.6 is 0 Å². The first-order valence-electron chi connectivity index (χ1n) is 6.51. The van der Waals surface area contributed by atoms with Crippen LogP contribution in [0.4, 0.5) is 4.39 Å². The van der Waals surface area contributed by atoms with E-state index in [1.165, 1.54) is 23.8 Å². The number of rotatable bonds is 4. The summed E-state index contributed by atoms with van der Waals surface area (Å²) in [6.45, 7) is 4.36. The van der Waals surface area contributed by atoms with Crippen LogP contribution in [0.3, 0.4) is 0 Å². The molecule has 2 rings (SSSR count). The van der Waals surface area contributed by atoms with Gasteiger partial charge in [-0.15, -0.1) is 0 Å². The van der Waals surface area contributed by atoms with Gasteiger partial charge in [0.15, 0.2) is 0 Å². The van der Waals surface area contributed by atoms with Gasteiger partial charge in [0.2, 0.25) is 0 Å². The number of halogens is 1. The minimum Gasteiger partial charge on any atom is -0.489 e. The van der Waals surface area contributed by atoms with E-state index in [0.717, 1.165) is 0 Å². The van der Waals surface area contributed by atoms with Gasteiger partial charge in [-0.3, -0.25) is 0 Å². The van der Waals surface area contributed by atoms with Crippen LogP contribution in [-0.2, 0) is 6.61 Å². The molecule has 2 aromatic rings. The fraction of sp³-hybridized carbons (Fsp3) is 0.235. The van der Waals surface area contributed by atoms with Crippen LogP contribution in [0.25, 0.3) is 0 Å². The van der Waals surface area contributed by atoms with Crippen molar-refractivity contribution < 1.29 is 9.13 Å². The summed E-state index contributed by atoms with van der Waals surface area (Å²) in [5.74, 6) is 0.799. The highest BCUT2D eigenvalue weighted by atomic mass is 19.1. The molecule has 0 unspecified atom stereocenters. The average Bonchev–Trinajstić information content (AvgIpc) is 2.47. The molecule has 0 radical (unpaired) electrons. The normalized spacial score (nSPS) is 10.3. The zero-order valence-corrected chi connectivity index (χ0v) is 11.6. The highest BCUT2D eigenvalue weighted by Crippen LogP contribution is 2.20. The number of hydrogen-bond acceptors (Lipinski definition) is 2. The highest BCUT2D eigenvalue weighted by Gasteiger charge is 2.05. The Balaban J connectivity index is 2.07. The van der Waals surface area contributed by atoms with Gasteiger partial charge in [0.05, 0.1) is 11.6 Å². The van der Waals surface area contributed by atoms with Crippen molar-refractivity contribution in [3.63, 3.8) is 0 Å². The van der Waals surface area contributed by atoms with Crippen molar-refractivity contribution in [2.24, 2.45) is 0 Å². The maximum absolute atomic E-state index is 13.6. The Kier molecular flexibility index (Phi) is 4.37. The minimum atomic E-state index is -0.359. The average molecular weight is 269 g/mol. The summed E-state index contributed by atoms with van der Waals surface area (Å²) in [4.78, 5) is 0. The zero-order chi connectivity index (χ0) is 14.5. The lowest BCUT2D eigenvalue weighted by molar-refractivity contribution is 0.299. The van der Waals surface area contributed by atoms with Crippen molar-refractivity contribution in [2.75, 3.05) is 0 Å². The Morgan fingerprint density at radius 1 is 1.15 bits per heavy atom. The Labute approximate surface area is 118 Å². The molecular weight excluding hydrogens is 253 g/mol. The Bertz CT molecular complexity index is 626. The van der Waals surface area contributed by atoms with Gasteiger partial charge in [0.1, 0.15) is 18.2 Å². The van der Waals surface area contributed by atoms with E-state index in [0.29, 0.717) is 22.8 Å². The molecule has 0 N–H and O–H groups in total. The number of nitrogens with zero attached hydrogens (tertiary/aromatic N) is 1. The van der Waals surface area contributed by atoms with Gasteiger partial charge in [0, 0.05) is 5.56 Å². The molecule has 0 atom stereocenters. The Hall–Kier alpha value is -2.34. The van der Waals surface area contributed by atoms with E-state index >= 15 is 0 Å². The molecule has 0 amide bonds. The summed E-state index contributed by atoms with van der Waals surface area (Å²) in [6, 6.07) is 14.0. The van der Waals surface area contributed by atoms with Crippen LogP contribution in [0.2, 0.25) is 0 Å². The van der Waals surface area contributed by atoms with Crippen LogP contribution in [-0.4, -0.2) is 0 Å². The molecule has 0 fully saturated rings. The maximum atomic E-state index is 13.6. The quantitative estimate of drug-likeness (QED) is 0.824. The SMILES string of the molecule is CC(C)c1ccc(OCc2cc(C#N)ccc2F)cc1. The summed E-state index contributed by atoms with van der Waals surface area (Å²) < 4.78 is 19.1. The van der Waals surface area contributed by atoms with Crippen LogP contribution < -0.4 is 4.74 Å². The van der Waals surface area contributed by atoms with Gasteiger partial charge in [-0.2, -0.15) is 5.26 Å². The predicted octanol–water partition coefficient (Wildman–Crippen LogP) is 4.40. The molecule has 0 aliphatic carbocycles. The van der Waals surface area contributed by atoms with Crippen molar-refractivity contribution in [2.45, 2.75) is 26.4 Å². The van der Waals surface area contributed by atoms with Gasteiger partial charge >= 0.3 is 0 Å². The summed E-state index contributed by atoms with van der Waals surface area (Å²) in [7, 11) is 0. The molecule has 20 heavy (non-hydrogen) atoms. The third-order valence-corrected chi connectivity index (χ3v) is 3.12. The third kappa shape index (κ3) is 3.36. The standard InChI is InChI=1S/C17H16FNO/c1-12(2)14-4-6-16(7-5-14)20-11-15-9-13(10-19)3-8-17(15)18/h3-9,12H,11H2,1-2H3. The highest BCUT2D eigenvalue weighted by molar-refractivity contribution is 5.34. The molecule has 0 aromatic heterocycles. The number of hydrogen-bond donors (Lipinski definition) is 0. The number of benzene rings is 2. The molecule has 0 aliphatic rings. The van der Waals surface area contributed by atoms with Crippen LogP contribution in [0.5, 0.6) is 5.75 Å². The van der Waals surface area contributed by atoms with Crippen molar-refractivity contribution in [3.05, 3.63) is 65.0 Å². The van der Waals surface area contributed by atoms with Crippen molar-refractivity contribution >= 4 is 0 Å². The molecule has 3 heteroatoms. The van der Waals surface area contributed by atoms with E-state index < -0.39 is 0 Å². The second-order valence-corrected chi connectivity index (χ2v) is 4.93. The van der Waals surface area contributed by atoms with Crippen molar-refractivity contribution in [1.29, 1.82) is 5.26 Å². The Morgan fingerprint density at radius 2 is 1.85 bits per heavy atom. The lowest BCUT2D eigenvalue weighted by atomic mass is 10.0. The maximum Gasteiger partial charge on any atom is 0.129 e. The van der Waals surface area contributed by atoms with Crippen LogP contribution in [0, 0.1) is 17.1 Å². The molecule has 0 saturated carbocycles. The molecule has 2 nitrogen and oxygen atoms in total. The molecule has 0 heterocycles. The van der Waals surface area contributed by atoms with E-state index in [9.17, 15) is 4.39 Å². The van der Waals surface area contributed by atoms with E-state index in [2.05, 4.69) is 13.8 Å². The monoisotopic (exact) mass is 269 g/mol. The molecule has 0 saturated heterocycles. The van der Waals surface area contributed by atoms with E-state index in [4.69, 9.17) is 10.00 Å². The molecule has 0 aliphatic heterocycles. The number of nitriles is 1. The second-order valence-electron chi connectivity index (χ2n) is 4.93. The van der Waals surface area contributed by atoms with E-state index in [1.54, 1.807) is 0 Å². The minimum absolute atomic E-state index is 0.113. The zero-order valence-electron chi connectivity index (χ0n) is 11.6. The van der Waals surface area contributed by atoms with Crippen molar-refractivity contribution in [1.82, 2.24) is 0 Å². The summed E-state index contributed by atoms with van der Waals surface area (Å²) >= 11 is 0. The van der Waals surface area contributed by atoms with Crippen LogP contribution in [0.15, 0.2) is 42.5 Å². The predicted molar refractivity (Wildman–Crippen MR) is 76.0 cm³/mol. The van der Waals surface area contributed by atoms with E-state index in [1.807, 2.05) is 30.3 Å². The van der Waals surface area contributed by atoms with E-state index in [-0.39, 0.29) is 12.4 Å². The topological polar surface area (TPSA) is 33.0 Å². The lowest BCUT2D eigenvalue weighted by Gasteiger charge is -2.09. The number of ether oxygens (including phenoxy) is 1. The molecular formula is C17H16FNO. The summed E-state index contributed by atoms with van der Waals surface area (Å²) in [6.07, 6.45) is 0. The first kappa shape index (κ1) is 14.1. The van der Waals surface area contributed by atoms with Crippen LogP contribution in [0.1, 0.15) is 36.5 Å². The van der Waals surface area contributed by atoms with Gasteiger partial charge in [-0.25, -0.2) is 4.39 Å². The van der Waals surface area contributed by atoms with Gasteiger partial charge in [-0.05, 0) is 41.8 Å². The molecule has 0 bridgehead atoms. The summed E-state index contributed by atoms with van der Waals surface area (Å²) in [5, 5.41) is 8.81. The molecule has 0 spiro atoms. The molecule has 2 aromatic carbocycles. The fourth-order valence-electron chi connectivity index (χ4n) is 1.86. The fourth-order valence-corrected chi connectivity index (χ4v) is 1.86. The van der Waals surface area contributed by atoms with Gasteiger partial charge in [0.25, 0.3) is 0 Å². The lowest BCUT2D eigenvalue weighted by Crippen LogP contribution is -1.99. The third-order valence-electron chi connectivity index (χ3n) is 3.12. The first-order chi connectivity index (χ1) is 9.60. The largest absolute Gasteiger partial charge is 0.489 e. The van der Waals surface area contributed by atoms with Crippen molar-refractivity contribution in [3.8, 4) is 11.8 Å². The van der Waals surface area contributed by atoms with Gasteiger partial charge < -0.3 is 4.74 Å². The smallest absolute Gasteiger partial charge is 0.129 e. The summed E-state index contributed by atoms with van der Waals surface area (Å²) in [5.41, 5.74) is 2.05. The van der Waals surface area contributed by atoms with Gasteiger partial charge in [-0.1, -0.05) is 26.0 Å².